The maximum absolute atomic E-state index is 12.6. The number of aromatic nitrogens is 1. The summed E-state index contributed by atoms with van der Waals surface area (Å²) in [5, 5.41) is 2.90. The van der Waals surface area contributed by atoms with Crippen molar-refractivity contribution in [1.82, 2.24) is 9.88 Å². The molecule has 6 nitrogen and oxygen atoms in total. The van der Waals surface area contributed by atoms with Gasteiger partial charge >= 0.3 is 6.03 Å². The minimum Gasteiger partial charge on any atom is -0.493 e. The first-order valence-electron chi connectivity index (χ1n) is 11.2. The number of urea groups is 1. The SMILES string of the molecule is COc1ccc(NC(=O)N2CCC(=Cc3cccc(OCCc4ccccc4)c3)CC2)cn1. The van der Waals surface area contributed by atoms with Crippen LogP contribution in [0.15, 0.2) is 78.5 Å². The van der Waals surface area contributed by atoms with Crippen molar-refractivity contribution >= 4 is 17.8 Å². The molecule has 0 radical (unpaired) electrons. The predicted octanol–water partition coefficient (Wildman–Crippen LogP) is 5.42. The summed E-state index contributed by atoms with van der Waals surface area (Å²) in [7, 11) is 1.56. The van der Waals surface area contributed by atoms with Gasteiger partial charge in [-0.2, -0.15) is 0 Å². The number of anilines is 1. The molecule has 3 aromatic rings. The summed E-state index contributed by atoms with van der Waals surface area (Å²) < 4.78 is 11.0. The van der Waals surface area contributed by atoms with Gasteiger partial charge in [0.25, 0.3) is 0 Å². The molecule has 2 heterocycles. The van der Waals surface area contributed by atoms with E-state index < -0.39 is 0 Å². The quantitative estimate of drug-likeness (QED) is 0.529. The van der Waals surface area contributed by atoms with Gasteiger partial charge in [-0.05, 0) is 42.2 Å². The Morgan fingerprint density at radius 1 is 1.06 bits per heavy atom. The Balaban J connectivity index is 1.26. The summed E-state index contributed by atoms with van der Waals surface area (Å²) >= 11 is 0. The molecule has 0 aliphatic carbocycles. The monoisotopic (exact) mass is 443 g/mol. The highest BCUT2D eigenvalue weighted by Gasteiger charge is 2.19. The minimum absolute atomic E-state index is 0.102. The van der Waals surface area contributed by atoms with E-state index in [0.717, 1.165) is 30.6 Å². The molecule has 1 aromatic heterocycles. The molecule has 2 aromatic carbocycles. The van der Waals surface area contributed by atoms with Crippen LogP contribution in [0.25, 0.3) is 6.08 Å². The van der Waals surface area contributed by atoms with Crippen LogP contribution >= 0.6 is 0 Å². The normalized spacial score (nSPS) is 13.4. The number of carbonyl (C=O) groups excluding carboxylic acids is 1. The topological polar surface area (TPSA) is 63.7 Å². The lowest BCUT2D eigenvalue weighted by molar-refractivity contribution is 0.208. The van der Waals surface area contributed by atoms with Gasteiger partial charge in [0.05, 0.1) is 25.6 Å². The van der Waals surface area contributed by atoms with Gasteiger partial charge in [-0.3, -0.25) is 0 Å². The molecule has 0 saturated carbocycles. The molecule has 170 valence electrons. The fourth-order valence-corrected chi connectivity index (χ4v) is 3.78. The summed E-state index contributed by atoms with van der Waals surface area (Å²) in [6, 6.07) is 22.0. The first-order chi connectivity index (χ1) is 16.2. The number of methoxy groups -OCH3 is 1. The summed E-state index contributed by atoms with van der Waals surface area (Å²) in [4.78, 5) is 18.5. The van der Waals surface area contributed by atoms with Crippen molar-refractivity contribution in [1.29, 1.82) is 0 Å². The number of nitrogens with one attached hydrogen (secondary N) is 1. The molecular weight excluding hydrogens is 414 g/mol. The van der Waals surface area contributed by atoms with Crippen LogP contribution in [0.1, 0.15) is 24.0 Å². The Hall–Kier alpha value is -3.80. The molecule has 2 amide bonds. The van der Waals surface area contributed by atoms with E-state index in [1.807, 2.05) is 35.2 Å². The van der Waals surface area contributed by atoms with Crippen LogP contribution in [0.5, 0.6) is 11.6 Å². The number of amides is 2. The van der Waals surface area contributed by atoms with Crippen molar-refractivity contribution in [3.63, 3.8) is 0 Å². The maximum Gasteiger partial charge on any atom is 0.321 e. The Kier molecular flexibility index (Phi) is 7.59. The molecule has 0 bridgehead atoms. The molecule has 1 aliphatic heterocycles. The van der Waals surface area contributed by atoms with E-state index in [0.29, 0.717) is 31.3 Å². The number of ether oxygens (including phenoxy) is 2. The van der Waals surface area contributed by atoms with Gasteiger partial charge in [-0.15, -0.1) is 0 Å². The summed E-state index contributed by atoms with van der Waals surface area (Å²) in [5.74, 6) is 1.40. The summed E-state index contributed by atoms with van der Waals surface area (Å²) in [6.07, 6.45) is 6.41. The third-order valence-corrected chi connectivity index (χ3v) is 5.62. The Morgan fingerprint density at radius 2 is 1.88 bits per heavy atom. The van der Waals surface area contributed by atoms with Gasteiger partial charge in [-0.1, -0.05) is 54.1 Å². The second-order valence-corrected chi connectivity index (χ2v) is 7.97. The van der Waals surface area contributed by atoms with Crippen molar-refractivity contribution in [3.05, 3.63) is 89.6 Å². The maximum atomic E-state index is 12.6. The standard InChI is InChI=1S/C27H29N3O3/c1-32-26-11-10-24(20-28-26)29-27(31)30-15-12-22(13-16-30)18-23-8-5-9-25(19-23)33-17-14-21-6-3-2-4-7-21/h2-11,18-20H,12-17H2,1H3,(H,29,31). The summed E-state index contributed by atoms with van der Waals surface area (Å²) in [6.45, 7) is 2.03. The van der Waals surface area contributed by atoms with Gasteiger partial charge in [0, 0.05) is 25.6 Å². The largest absolute Gasteiger partial charge is 0.493 e. The highest BCUT2D eigenvalue weighted by molar-refractivity contribution is 5.89. The highest BCUT2D eigenvalue weighted by Crippen LogP contribution is 2.23. The van der Waals surface area contributed by atoms with Crippen LogP contribution in [0.2, 0.25) is 0 Å². The fraction of sp³-hybridized carbons (Fsp3) is 0.259. The Bertz CT molecular complexity index is 1070. The first-order valence-corrected chi connectivity index (χ1v) is 11.2. The number of nitrogens with zero attached hydrogens (tertiary/aromatic N) is 2. The number of benzene rings is 2. The van der Waals surface area contributed by atoms with Crippen LogP contribution in [0, 0.1) is 0 Å². The molecule has 6 heteroatoms. The van der Waals surface area contributed by atoms with Crippen LogP contribution in [-0.2, 0) is 6.42 Å². The average Bonchev–Trinajstić information content (AvgIpc) is 2.86. The summed E-state index contributed by atoms with van der Waals surface area (Å²) in [5.41, 5.74) is 4.40. The van der Waals surface area contributed by atoms with Crippen molar-refractivity contribution in [2.24, 2.45) is 0 Å². The van der Waals surface area contributed by atoms with Crippen molar-refractivity contribution < 1.29 is 14.3 Å². The number of likely N-dealkylation sites (tertiary alicyclic amines) is 1. The van der Waals surface area contributed by atoms with E-state index in [4.69, 9.17) is 9.47 Å². The predicted molar refractivity (Wildman–Crippen MR) is 131 cm³/mol. The number of rotatable bonds is 7. The van der Waals surface area contributed by atoms with Crippen LogP contribution < -0.4 is 14.8 Å². The first kappa shape index (κ1) is 22.4. The number of hydrogen-bond acceptors (Lipinski definition) is 4. The van der Waals surface area contributed by atoms with E-state index >= 15 is 0 Å². The average molecular weight is 444 g/mol. The lowest BCUT2D eigenvalue weighted by Gasteiger charge is -2.28. The molecule has 4 rings (SSSR count). The zero-order valence-corrected chi connectivity index (χ0v) is 18.9. The van der Waals surface area contributed by atoms with Gasteiger partial charge in [0.15, 0.2) is 0 Å². The third-order valence-electron chi connectivity index (χ3n) is 5.62. The molecule has 0 spiro atoms. The Morgan fingerprint density at radius 3 is 2.61 bits per heavy atom. The van der Waals surface area contributed by atoms with Crippen molar-refractivity contribution in [3.8, 4) is 11.6 Å². The van der Waals surface area contributed by atoms with E-state index in [1.54, 1.807) is 25.4 Å². The van der Waals surface area contributed by atoms with Crippen LogP contribution in [0.4, 0.5) is 10.5 Å². The van der Waals surface area contributed by atoms with E-state index in [9.17, 15) is 4.79 Å². The van der Waals surface area contributed by atoms with E-state index in [-0.39, 0.29) is 6.03 Å². The molecule has 1 N–H and O–H groups in total. The fourth-order valence-electron chi connectivity index (χ4n) is 3.78. The number of hydrogen-bond donors (Lipinski definition) is 1. The molecule has 33 heavy (non-hydrogen) atoms. The zero-order valence-electron chi connectivity index (χ0n) is 18.9. The van der Waals surface area contributed by atoms with Crippen LogP contribution in [0.3, 0.4) is 0 Å². The van der Waals surface area contributed by atoms with Crippen molar-refractivity contribution in [2.45, 2.75) is 19.3 Å². The van der Waals surface area contributed by atoms with E-state index in [2.05, 4.69) is 40.6 Å². The van der Waals surface area contributed by atoms with Gasteiger partial charge < -0.3 is 19.7 Å². The lowest BCUT2D eigenvalue weighted by atomic mass is 10.0. The van der Waals surface area contributed by atoms with E-state index in [1.165, 1.54) is 11.1 Å². The smallest absolute Gasteiger partial charge is 0.321 e. The molecule has 1 saturated heterocycles. The second kappa shape index (κ2) is 11.2. The zero-order chi connectivity index (χ0) is 22.9. The number of carbonyl (C=O) groups is 1. The molecule has 1 fully saturated rings. The van der Waals surface area contributed by atoms with Crippen molar-refractivity contribution in [2.75, 3.05) is 32.1 Å². The second-order valence-electron chi connectivity index (χ2n) is 7.97. The molecular formula is C27H29N3O3. The highest BCUT2D eigenvalue weighted by atomic mass is 16.5. The van der Waals surface area contributed by atoms with Crippen LogP contribution in [-0.4, -0.2) is 42.7 Å². The van der Waals surface area contributed by atoms with Gasteiger partial charge in [0.1, 0.15) is 5.75 Å². The van der Waals surface area contributed by atoms with Gasteiger partial charge in [-0.25, -0.2) is 9.78 Å². The minimum atomic E-state index is -0.102. The Labute approximate surface area is 194 Å². The number of pyridine rings is 1. The third kappa shape index (κ3) is 6.59. The lowest BCUT2D eigenvalue weighted by Crippen LogP contribution is -2.39. The molecule has 0 atom stereocenters. The van der Waals surface area contributed by atoms with Gasteiger partial charge in [0.2, 0.25) is 5.88 Å². The molecule has 0 unspecified atom stereocenters. The molecule has 1 aliphatic rings. The number of piperidine rings is 1.